The highest BCUT2D eigenvalue weighted by molar-refractivity contribution is 6.93. The molecule has 0 atom stereocenters. The minimum Gasteiger partial charge on any atom is -0.458 e. The predicted octanol–water partition coefficient (Wildman–Crippen LogP) is 4.97. The molecule has 0 spiro atoms. The van der Waals surface area contributed by atoms with Gasteiger partial charge in [0.1, 0.15) is 11.5 Å². The quantitative estimate of drug-likeness (QED) is 0.485. The van der Waals surface area contributed by atoms with Crippen LogP contribution in [-0.4, -0.2) is 6.71 Å². The summed E-state index contributed by atoms with van der Waals surface area (Å²) in [5, 5.41) is 0. The van der Waals surface area contributed by atoms with Gasteiger partial charge in [0, 0.05) is 5.56 Å². The summed E-state index contributed by atoms with van der Waals surface area (Å²) in [6.07, 6.45) is 1.86. The average molecular weight is 336 g/mol. The molecule has 0 aromatic heterocycles. The second-order valence-corrected chi connectivity index (χ2v) is 6.83. The van der Waals surface area contributed by atoms with Crippen LogP contribution in [0.1, 0.15) is 11.1 Å². The van der Waals surface area contributed by atoms with Gasteiger partial charge >= 0.3 is 0 Å². The van der Waals surface area contributed by atoms with Crippen molar-refractivity contribution in [3.8, 4) is 22.6 Å². The molecule has 1 nitrogen and oxygen atoms in total. The van der Waals surface area contributed by atoms with Gasteiger partial charge < -0.3 is 4.74 Å². The number of para-hydroxylation sites is 1. The van der Waals surface area contributed by atoms with Crippen LogP contribution in [0.3, 0.4) is 0 Å². The van der Waals surface area contributed by atoms with E-state index in [1.807, 2.05) is 24.3 Å². The maximum Gasteiger partial charge on any atom is 0.250 e. The minimum absolute atomic E-state index is 0.0646. The molecule has 4 rings (SSSR count). The van der Waals surface area contributed by atoms with E-state index in [-0.39, 0.29) is 6.71 Å². The molecule has 1 aliphatic heterocycles. The second kappa shape index (κ2) is 6.38. The molecule has 126 valence electrons. The van der Waals surface area contributed by atoms with Crippen molar-refractivity contribution in [1.29, 1.82) is 0 Å². The number of ether oxygens (including phenoxy) is 1. The lowest BCUT2D eigenvalue weighted by atomic mass is 9.34. The van der Waals surface area contributed by atoms with E-state index in [2.05, 4.69) is 69.5 Å². The third-order valence-electron chi connectivity index (χ3n) is 5.29. The zero-order chi connectivity index (χ0) is 18.3. The van der Waals surface area contributed by atoms with Crippen LogP contribution in [0.2, 0.25) is 0 Å². The molecule has 26 heavy (non-hydrogen) atoms. The Balaban J connectivity index is 2.06. The van der Waals surface area contributed by atoms with Gasteiger partial charge in [0.05, 0.1) is 0 Å². The van der Waals surface area contributed by atoms with Gasteiger partial charge in [0.25, 0.3) is 6.71 Å². The SMILES string of the molecule is C=CC(=C)B1c2ccccc2Oc2c(-c3ccccc3)cc(C)c(C)c21. The largest absolute Gasteiger partial charge is 0.458 e. The third-order valence-corrected chi connectivity index (χ3v) is 5.29. The molecule has 0 unspecified atom stereocenters. The molecule has 0 aliphatic carbocycles. The van der Waals surface area contributed by atoms with E-state index in [4.69, 9.17) is 4.74 Å². The van der Waals surface area contributed by atoms with Gasteiger partial charge in [0.2, 0.25) is 0 Å². The van der Waals surface area contributed by atoms with E-state index >= 15 is 0 Å². The Morgan fingerprint density at radius 2 is 1.69 bits per heavy atom. The Hall–Kier alpha value is -3.00. The Bertz CT molecular complexity index is 1020. The van der Waals surface area contributed by atoms with Crippen LogP contribution in [0.15, 0.2) is 85.4 Å². The summed E-state index contributed by atoms with van der Waals surface area (Å²) in [6.45, 7) is 12.7. The Labute approximate surface area is 155 Å². The average Bonchev–Trinajstić information content (AvgIpc) is 2.69. The highest BCUT2D eigenvalue weighted by Gasteiger charge is 2.35. The van der Waals surface area contributed by atoms with Crippen LogP contribution in [0.25, 0.3) is 11.1 Å². The van der Waals surface area contributed by atoms with E-state index in [9.17, 15) is 0 Å². The second-order valence-electron chi connectivity index (χ2n) is 6.83. The standard InChI is InChI=1S/C24H21BO/c1-5-17(3)25-21-13-9-10-14-22(21)26-24-20(19-11-7-6-8-12-19)15-16(2)18(4)23(24)25/h5-15H,1,3H2,2,4H3. The molecule has 0 amide bonds. The number of allylic oxidation sites excluding steroid dienone is 2. The van der Waals surface area contributed by atoms with E-state index < -0.39 is 0 Å². The molecule has 0 bridgehead atoms. The van der Waals surface area contributed by atoms with Crippen LogP contribution in [-0.2, 0) is 0 Å². The summed E-state index contributed by atoms with van der Waals surface area (Å²) in [7, 11) is 0. The lowest BCUT2D eigenvalue weighted by molar-refractivity contribution is 0.488. The minimum atomic E-state index is 0.0646. The molecular weight excluding hydrogens is 315 g/mol. The Kier molecular flexibility index (Phi) is 4.04. The Morgan fingerprint density at radius 1 is 1.00 bits per heavy atom. The number of rotatable bonds is 3. The predicted molar refractivity (Wildman–Crippen MR) is 112 cm³/mol. The van der Waals surface area contributed by atoms with Crippen molar-refractivity contribution in [2.24, 2.45) is 0 Å². The summed E-state index contributed by atoms with van der Waals surface area (Å²) in [5.41, 5.74) is 8.14. The first kappa shape index (κ1) is 16.5. The number of benzene rings is 3. The van der Waals surface area contributed by atoms with Crippen LogP contribution in [0, 0.1) is 13.8 Å². The molecule has 1 aliphatic rings. The van der Waals surface area contributed by atoms with Crippen molar-refractivity contribution >= 4 is 17.6 Å². The van der Waals surface area contributed by atoms with E-state index in [0.717, 1.165) is 33.6 Å². The molecule has 0 N–H and O–H groups in total. The van der Waals surface area contributed by atoms with Crippen LogP contribution in [0.5, 0.6) is 11.5 Å². The zero-order valence-electron chi connectivity index (χ0n) is 15.3. The van der Waals surface area contributed by atoms with Crippen LogP contribution < -0.4 is 15.7 Å². The van der Waals surface area contributed by atoms with Crippen molar-refractivity contribution in [2.45, 2.75) is 13.8 Å². The van der Waals surface area contributed by atoms with Crippen molar-refractivity contribution in [2.75, 3.05) is 0 Å². The maximum atomic E-state index is 6.45. The maximum absolute atomic E-state index is 6.45. The normalized spacial score (nSPS) is 12.0. The van der Waals surface area contributed by atoms with E-state index in [1.54, 1.807) is 0 Å². The fraction of sp³-hybridized carbons (Fsp3) is 0.0833. The molecule has 0 radical (unpaired) electrons. The van der Waals surface area contributed by atoms with Crippen molar-refractivity contribution in [3.05, 3.63) is 96.5 Å². The van der Waals surface area contributed by atoms with Crippen molar-refractivity contribution < 1.29 is 4.74 Å². The first-order valence-electron chi connectivity index (χ1n) is 8.89. The lowest BCUT2D eigenvalue weighted by Gasteiger charge is -2.31. The van der Waals surface area contributed by atoms with Crippen molar-refractivity contribution in [3.63, 3.8) is 0 Å². The lowest BCUT2D eigenvalue weighted by Crippen LogP contribution is -2.49. The molecule has 3 aromatic carbocycles. The molecule has 0 saturated carbocycles. The molecule has 2 heteroatoms. The highest BCUT2D eigenvalue weighted by atomic mass is 16.5. The zero-order valence-corrected chi connectivity index (χ0v) is 15.3. The highest BCUT2D eigenvalue weighted by Crippen LogP contribution is 2.37. The number of hydrogen-bond donors (Lipinski definition) is 0. The van der Waals surface area contributed by atoms with E-state index in [1.165, 1.54) is 16.6 Å². The summed E-state index contributed by atoms with van der Waals surface area (Å²) in [5.74, 6) is 1.83. The first-order valence-corrected chi connectivity index (χ1v) is 8.89. The fourth-order valence-electron chi connectivity index (χ4n) is 3.79. The summed E-state index contributed by atoms with van der Waals surface area (Å²) >= 11 is 0. The molecule has 1 heterocycles. The van der Waals surface area contributed by atoms with Gasteiger partial charge in [-0.1, -0.05) is 66.7 Å². The Morgan fingerprint density at radius 3 is 2.42 bits per heavy atom. The molecular formula is C24H21BO. The monoisotopic (exact) mass is 336 g/mol. The molecule has 0 fully saturated rings. The smallest absolute Gasteiger partial charge is 0.250 e. The first-order chi connectivity index (χ1) is 12.6. The third kappa shape index (κ3) is 2.50. The summed E-state index contributed by atoms with van der Waals surface area (Å²) < 4.78 is 6.45. The van der Waals surface area contributed by atoms with Gasteiger partial charge in [-0.2, -0.15) is 0 Å². The fourth-order valence-corrected chi connectivity index (χ4v) is 3.79. The van der Waals surface area contributed by atoms with Gasteiger partial charge in [-0.3, -0.25) is 0 Å². The van der Waals surface area contributed by atoms with E-state index in [0.29, 0.717) is 0 Å². The molecule has 0 saturated heterocycles. The van der Waals surface area contributed by atoms with Gasteiger partial charge in [0.15, 0.2) is 0 Å². The van der Waals surface area contributed by atoms with Crippen LogP contribution in [0.4, 0.5) is 0 Å². The van der Waals surface area contributed by atoms with Gasteiger partial charge in [-0.15, -0.1) is 6.58 Å². The van der Waals surface area contributed by atoms with Crippen molar-refractivity contribution in [1.82, 2.24) is 0 Å². The summed E-state index contributed by atoms with van der Waals surface area (Å²) in [4.78, 5) is 0. The van der Waals surface area contributed by atoms with Gasteiger partial charge in [-0.05, 0) is 53.6 Å². The van der Waals surface area contributed by atoms with Crippen LogP contribution >= 0.6 is 0 Å². The molecule has 3 aromatic rings. The topological polar surface area (TPSA) is 9.23 Å². The summed E-state index contributed by atoms with van der Waals surface area (Å²) in [6, 6.07) is 20.9. The number of hydrogen-bond acceptors (Lipinski definition) is 1. The van der Waals surface area contributed by atoms with Gasteiger partial charge in [-0.25, -0.2) is 0 Å². The number of aryl methyl sites for hydroxylation is 1. The number of fused-ring (bicyclic) bond motifs is 2.